The zero-order valence-electron chi connectivity index (χ0n) is 16.4. The molecule has 2 aliphatic rings. The predicted octanol–water partition coefficient (Wildman–Crippen LogP) is 2.59. The maximum atomic E-state index is 12.6. The number of ether oxygens (including phenoxy) is 2. The zero-order valence-corrected chi connectivity index (χ0v) is 16.4. The summed E-state index contributed by atoms with van der Waals surface area (Å²) in [5, 5.41) is 3.11. The molecule has 1 atom stereocenters. The fourth-order valence-corrected chi connectivity index (χ4v) is 3.41. The van der Waals surface area contributed by atoms with Gasteiger partial charge in [-0.15, -0.1) is 0 Å². The van der Waals surface area contributed by atoms with Crippen LogP contribution in [0, 0.1) is 0 Å². The molecule has 0 radical (unpaired) electrons. The van der Waals surface area contributed by atoms with Crippen molar-refractivity contribution in [2.24, 2.45) is 0 Å². The smallest absolute Gasteiger partial charge is 0.410 e. The number of amides is 3. The van der Waals surface area contributed by atoms with Gasteiger partial charge in [-0.1, -0.05) is 0 Å². The Morgan fingerprint density at radius 3 is 2.28 bits per heavy atom. The second-order valence-corrected chi connectivity index (χ2v) is 8.76. The van der Waals surface area contributed by atoms with E-state index in [0.29, 0.717) is 26.2 Å². The SMILES string of the molecule is C[C@H]1CN(C(=O)NC2CCN(C(=O)OC(C)(C)C)CC2)CC(C)(C)O1. The molecule has 7 heteroatoms. The van der Waals surface area contributed by atoms with Crippen molar-refractivity contribution < 1.29 is 19.1 Å². The molecule has 0 aromatic carbocycles. The second-order valence-electron chi connectivity index (χ2n) is 8.76. The molecule has 0 aromatic heterocycles. The third-order valence-electron chi connectivity index (χ3n) is 4.33. The van der Waals surface area contributed by atoms with Crippen LogP contribution in [0.5, 0.6) is 0 Å². The zero-order chi connectivity index (χ0) is 18.8. The number of carbonyl (C=O) groups excluding carboxylic acids is 2. The van der Waals surface area contributed by atoms with Crippen LogP contribution in [0.4, 0.5) is 9.59 Å². The highest BCUT2D eigenvalue weighted by Gasteiger charge is 2.35. The Morgan fingerprint density at radius 2 is 1.76 bits per heavy atom. The minimum atomic E-state index is -0.484. The first-order valence-electron chi connectivity index (χ1n) is 9.16. The van der Waals surface area contributed by atoms with Crippen molar-refractivity contribution in [3.8, 4) is 0 Å². The number of piperidine rings is 1. The van der Waals surface area contributed by atoms with Crippen LogP contribution in [0.15, 0.2) is 0 Å². The molecule has 0 aromatic rings. The maximum absolute atomic E-state index is 12.6. The van der Waals surface area contributed by atoms with Gasteiger partial charge in [0.05, 0.1) is 18.2 Å². The van der Waals surface area contributed by atoms with Crippen LogP contribution in [0.2, 0.25) is 0 Å². The molecule has 3 amide bonds. The summed E-state index contributed by atoms with van der Waals surface area (Å²) < 4.78 is 11.2. The van der Waals surface area contributed by atoms with Gasteiger partial charge >= 0.3 is 12.1 Å². The van der Waals surface area contributed by atoms with Gasteiger partial charge in [0.15, 0.2) is 0 Å². The molecule has 2 heterocycles. The number of carbonyl (C=O) groups is 2. The van der Waals surface area contributed by atoms with Gasteiger partial charge in [-0.05, 0) is 54.4 Å². The van der Waals surface area contributed by atoms with Crippen LogP contribution in [-0.4, -0.2) is 71.5 Å². The molecular weight excluding hydrogens is 322 g/mol. The van der Waals surface area contributed by atoms with Gasteiger partial charge in [0.1, 0.15) is 5.60 Å². The Labute approximate surface area is 151 Å². The van der Waals surface area contributed by atoms with E-state index in [1.54, 1.807) is 4.90 Å². The second kappa shape index (κ2) is 7.40. The standard InChI is InChI=1S/C18H33N3O4/c1-13-11-21(12-18(5,6)24-13)15(22)19-14-7-9-20(10-8-14)16(23)25-17(2,3)4/h13-14H,7-12H2,1-6H3,(H,19,22)/t13-/m0/s1. The van der Waals surface area contributed by atoms with Crippen LogP contribution in [-0.2, 0) is 9.47 Å². The minimum absolute atomic E-state index is 0.0310. The molecule has 7 nitrogen and oxygen atoms in total. The quantitative estimate of drug-likeness (QED) is 0.785. The molecule has 0 unspecified atom stereocenters. The van der Waals surface area contributed by atoms with Gasteiger partial charge in [0, 0.05) is 25.7 Å². The number of morpholine rings is 1. The summed E-state index contributed by atoms with van der Waals surface area (Å²) in [7, 11) is 0. The van der Waals surface area contributed by atoms with E-state index in [2.05, 4.69) is 5.32 Å². The molecule has 2 aliphatic heterocycles. The highest BCUT2D eigenvalue weighted by atomic mass is 16.6. The topological polar surface area (TPSA) is 71.1 Å². The molecule has 0 spiro atoms. The lowest BCUT2D eigenvalue weighted by Crippen LogP contribution is -2.58. The van der Waals surface area contributed by atoms with Crippen molar-refractivity contribution in [3.63, 3.8) is 0 Å². The van der Waals surface area contributed by atoms with Crippen LogP contribution >= 0.6 is 0 Å². The van der Waals surface area contributed by atoms with E-state index in [1.165, 1.54) is 0 Å². The fraction of sp³-hybridized carbons (Fsp3) is 0.889. The molecule has 25 heavy (non-hydrogen) atoms. The summed E-state index contributed by atoms with van der Waals surface area (Å²) in [4.78, 5) is 28.2. The summed E-state index contributed by atoms with van der Waals surface area (Å²) in [5.74, 6) is 0. The highest BCUT2D eigenvalue weighted by Crippen LogP contribution is 2.21. The van der Waals surface area contributed by atoms with E-state index in [9.17, 15) is 9.59 Å². The summed E-state index contributed by atoms with van der Waals surface area (Å²) in [6, 6.07) is 0.0476. The number of urea groups is 1. The molecule has 2 saturated heterocycles. The third-order valence-corrected chi connectivity index (χ3v) is 4.33. The van der Waals surface area contributed by atoms with Crippen LogP contribution in [0.3, 0.4) is 0 Å². The molecular formula is C18H33N3O4. The largest absolute Gasteiger partial charge is 0.444 e. The van der Waals surface area contributed by atoms with Crippen molar-refractivity contribution in [1.82, 2.24) is 15.1 Å². The van der Waals surface area contributed by atoms with Crippen molar-refractivity contribution in [1.29, 1.82) is 0 Å². The predicted molar refractivity (Wildman–Crippen MR) is 95.6 cm³/mol. The maximum Gasteiger partial charge on any atom is 0.410 e. The van der Waals surface area contributed by atoms with E-state index in [4.69, 9.17) is 9.47 Å². The monoisotopic (exact) mass is 355 g/mol. The first-order chi connectivity index (χ1) is 11.5. The Hall–Kier alpha value is -1.50. The minimum Gasteiger partial charge on any atom is -0.444 e. The first kappa shape index (κ1) is 19.8. The lowest BCUT2D eigenvalue weighted by molar-refractivity contribution is -0.117. The van der Waals surface area contributed by atoms with Gasteiger partial charge in [-0.3, -0.25) is 0 Å². The van der Waals surface area contributed by atoms with Gasteiger partial charge in [0.2, 0.25) is 0 Å². The van der Waals surface area contributed by atoms with Gasteiger partial charge in [-0.2, -0.15) is 0 Å². The Balaban J connectivity index is 1.80. The van der Waals surface area contributed by atoms with E-state index in [1.807, 2.05) is 46.4 Å². The molecule has 2 fully saturated rings. The van der Waals surface area contributed by atoms with Crippen molar-refractivity contribution in [3.05, 3.63) is 0 Å². The van der Waals surface area contributed by atoms with Gasteiger partial charge in [0.25, 0.3) is 0 Å². The van der Waals surface area contributed by atoms with Gasteiger partial charge < -0.3 is 24.6 Å². The summed E-state index contributed by atoms with van der Waals surface area (Å²) in [5.41, 5.74) is -0.808. The molecule has 0 aliphatic carbocycles. The normalized spacial score (nSPS) is 24.8. The molecule has 0 bridgehead atoms. The van der Waals surface area contributed by atoms with Gasteiger partial charge in [-0.25, -0.2) is 9.59 Å². The molecule has 1 N–H and O–H groups in total. The van der Waals surface area contributed by atoms with E-state index in [-0.39, 0.29) is 29.9 Å². The van der Waals surface area contributed by atoms with Crippen molar-refractivity contribution >= 4 is 12.1 Å². The van der Waals surface area contributed by atoms with Crippen LogP contribution < -0.4 is 5.32 Å². The Morgan fingerprint density at radius 1 is 1.16 bits per heavy atom. The fourth-order valence-electron chi connectivity index (χ4n) is 3.41. The van der Waals surface area contributed by atoms with E-state index < -0.39 is 5.60 Å². The van der Waals surface area contributed by atoms with Crippen LogP contribution in [0.25, 0.3) is 0 Å². The van der Waals surface area contributed by atoms with Crippen molar-refractivity contribution in [2.45, 2.75) is 77.7 Å². The average Bonchev–Trinajstić information content (AvgIpc) is 2.44. The van der Waals surface area contributed by atoms with Crippen LogP contribution in [0.1, 0.15) is 54.4 Å². The summed E-state index contributed by atoms with van der Waals surface area (Å²) in [6.45, 7) is 14.0. The summed E-state index contributed by atoms with van der Waals surface area (Å²) in [6.07, 6.45) is 1.24. The lowest BCUT2D eigenvalue weighted by Gasteiger charge is -2.42. The van der Waals surface area contributed by atoms with Crippen molar-refractivity contribution in [2.75, 3.05) is 26.2 Å². The highest BCUT2D eigenvalue weighted by molar-refractivity contribution is 5.75. The number of nitrogens with one attached hydrogen (secondary N) is 1. The van der Waals surface area contributed by atoms with E-state index in [0.717, 1.165) is 12.8 Å². The van der Waals surface area contributed by atoms with E-state index >= 15 is 0 Å². The molecule has 2 rings (SSSR count). The molecule has 0 saturated carbocycles. The lowest BCUT2D eigenvalue weighted by atomic mass is 10.0. The Bertz CT molecular complexity index is 493. The first-order valence-corrected chi connectivity index (χ1v) is 9.16. The number of likely N-dealkylation sites (tertiary alicyclic amines) is 1. The number of hydrogen-bond donors (Lipinski definition) is 1. The number of nitrogens with zero attached hydrogens (tertiary/aromatic N) is 2. The molecule has 144 valence electrons. The average molecular weight is 355 g/mol. The number of rotatable bonds is 1. The number of hydrogen-bond acceptors (Lipinski definition) is 4. The third kappa shape index (κ3) is 6.06. The summed E-state index contributed by atoms with van der Waals surface area (Å²) >= 11 is 0. The Kier molecular flexibility index (Phi) is 5.86.